The van der Waals surface area contributed by atoms with Crippen LogP contribution in [0.5, 0.6) is 0 Å². The number of carbonyl (C=O) groups excluding carboxylic acids is 1. The number of nitrogens with two attached hydrogens (primary N) is 1. The Morgan fingerprint density at radius 2 is 2.00 bits per heavy atom. The molecule has 1 aromatic carbocycles. The molecule has 2 unspecified atom stereocenters. The number of hydrogen-bond acceptors (Lipinski definition) is 9. The fourth-order valence-corrected chi connectivity index (χ4v) is 5.58. The zero-order chi connectivity index (χ0) is 29.0. The third kappa shape index (κ3) is 7.52. The smallest absolute Gasteiger partial charge is 0.416 e. The van der Waals surface area contributed by atoms with E-state index in [4.69, 9.17) is 25.3 Å². The molecule has 4 N–H and O–H groups in total. The van der Waals surface area contributed by atoms with Crippen molar-refractivity contribution in [2.24, 2.45) is 0 Å². The Hall–Kier alpha value is -2.70. The first-order valence-electron chi connectivity index (χ1n) is 13.8. The highest BCUT2D eigenvalue weighted by Gasteiger charge is 2.48. The van der Waals surface area contributed by atoms with Crippen LogP contribution in [-0.4, -0.2) is 63.9 Å². The molecular weight excluding hydrogens is 540 g/mol. The molecule has 1 amide bonds. The standard InChI is InChI=1S/C28H39F2N5O4S/c1-5-12-40-26-33-24(32-17-7-8-18(14-17)38-11-10-36)23(31)25(34-26)35(27(37)39-28(2,3)4)22-15-19(22)16-6-9-20(29)21(30)13-16/h6,9,13,17-19,22,36H,5,7-8,10-12,14-15,31H2,1-4H3,(H,32,33,34)/t17?,18-,19-,22?/m1/s1. The van der Waals surface area contributed by atoms with Gasteiger partial charge in [0.25, 0.3) is 0 Å². The van der Waals surface area contributed by atoms with Crippen LogP contribution >= 0.6 is 11.8 Å². The van der Waals surface area contributed by atoms with E-state index in [0.29, 0.717) is 29.6 Å². The van der Waals surface area contributed by atoms with Gasteiger partial charge in [0.1, 0.15) is 11.3 Å². The first kappa shape index (κ1) is 30.3. The number of nitrogens with one attached hydrogen (secondary N) is 1. The number of aliphatic hydroxyl groups excluding tert-OH is 1. The molecule has 9 nitrogen and oxygen atoms in total. The molecule has 2 aromatic rings. The summed E-state index contributed by atoms with van der Waals surface area (Å²) in [6.45, 7) is 7.65. The van der Waals surface area contributed by atoms with Crippen LogP contribution in [0.3, 0.4) is 0 Å². The number of anilines is 3. The molecule has 1 aromatic heterocycles. The number of carbonyl (C=O) groups is 1. The summed E-state index contributed by atoms with van der Waals surface area (Å²) in [5, 5.41) is 13.0. The summed E-state index contributed by atoms with van der Waals surface area (Å²) in [6, 6.07) is 3.43. The SMILES string of the molecule is CCCSc1nc(NC2CC[C@@H](OCCO)C2)c(N)c(N(C(=O)OC(C)(C)C)C2C[C@@H]2c2ccc(F)c(F)c2)n1. The van der Waals surface area contributed by atoms with Crippen LogP contribution in [0.4, 0.5) is 30.9 Å². The maximum Gasteiger partial charge on any atom is 0.416 e. The molecule has 0 spiro atoms. The number of aromatic nitrogens is 2. The lowest BCUT2D eigenvalue weighted by Gasteiger charge is -2.29. The highest BCUT2D eigenvalue weighted by molar-refractivity contribution is 7.99. The Labute approximate surface area is 238 Å². The zero-order valence-electron chi connectivity index (χ0n) is 23.5. The van der Waals surface area contributed by atoms with Crippen molar-refractivity contribution in [3.63, 3.8) is 0 Å². The normalized spacial score (nSPS) is 22.3. The van der Waals surface area contributed by atoms with Crippen molar-refractivity contribution < 1.29 is 28.2 Å². The van der Waals surface area contributed by atoms with Gasteiger partial charge in [0.05, 0.1) is 19.3 Å². The molecule has 0 radical (unpaired) electrons. The van der Waals surface area contributed by atoms with E-state index in [1.807, 2.05) is 0 Å². The average molecular weight is 580 g/mol. The van der Waals surface area contributed by atoms with Gasteiger partial charge in [-0.15, -0.1) is 0 Å². The molecular formula is C28H39F2N5O4S. The number of aliphatic hydroxyl groups is 1. The summed E-state index contributed by atoms with van der Waals surface area (Å²) in [7, 11) is 0. The molecule has 4 atom stereocenters. The molecule has 2 saturated carbocycles. The number of nitrogen functional groups attached to an aromatic ring is 1. The van der Waals surface area contributed by atoms with Gasteiger partial charge in [0, 0.05) is 23.8 Å². The average Bonchev–Trinajstić information content (AvgIpc) is 3.54. The summed E-state index contributed by atoms with van der Waals surface area (Å²) in [5.41, 5.74) is 6.67. The maximum atomic E-state index is 14.0. The predicted octanol–water partition coefficient (Wildman–Crippen LogP) is 5.48. The quantitative estimate of drug-likeness (QED) is 0.235. The van der Waals surface area contributed by atoms with E-state index in [2.05, 4.69) is 17.2 Å². The molecule has 220 valence electrons. The topological polar surface area (TPSA) is 123 Å². The Bertz CT molecular complexity index is 1200. The molecule has 0 aliphatic heterocycles. The van der Waals surface area contributed by atoms with Gasteiger partial charge in [-0.3, -0.25) is 4.90 Å². The lowest BCUT2D eigenvalue weighted by Crippen LogP contribution is -2.40. The first-order chi connectivity index (χ1) is 19.0. The summed E-state index contributed by atoms with van der Waals surface area (Å²) in [5.74, 6) is -0.664. The van der Waals surface area contributed by atoms with Crippen molar-refractivity contribution in [1.82, 2.24) is 9.97 Å². The largest absolute Gasteiger partial charge is 0.443 e. The van der Waals surface area contributed by atoms with E-state index in [0.717, 1.165) is 37.5 Å². The Kier molecular flexibility index (Phi) is 9.73. The van der Waals surface area contributed by atoms with Crippen molar-refractivity contribution in [3.8, 4) is 0 Å². The number of hydrogen-bond donors (Lipinski definition) is 3. The second-order valence-electron chi connectivity index (χ2n) is 11.2. The van der Waals surface area contributed by atoms with Crippen LogP contribution < -0.4 is 16.0 Å². The number of nitrogens with zero attached hydrogens (tertiary/aromatic N) is 3. The van der Waals surface area contributed by atoms with Crippen molar-refractivity contribution in [2.75, 3.05) is 34.9 Å². The van der Waals surface area contributed by atoms with Gasteiger partial charge in [-0.05, 0) is 70.6 Å². The van der Waals surface area contributed by atoms with Crippen molar-refractivity contribution in [1.29, 1.82) is 0 Å². The molecule has 1 heterocycles. The van der Waals surface area contributed by atoms with Crippen LogP contribution in [0.25, 0.3) is 0 Å². The van der Waals surface area contributed by atoms with E-state index in [1.54, 1.807) is 20.8 Å². The van der Waals surface area contributed by atoms with Gasteiger partial charge >= 0.3 is 6.09 Å². The number of thioether (sulfide) groups is 1. The fourth-order valence-electron chi connectivity index (χ4n) is 4.88. The number of ether oxygens (including phenoxy) is 2. The molecule has 12 heteroatoms. The third-order valence-electron chi connectivity index (χ3n) is 6.79. The van der Waals surface area contributed by atoms with Crippen LogP contribution in [0.15, 0.2) is 23.4 Å². The molecule has 0 bridgehead atoms. The lowest BCUT2D eigenvalue weighted by molar-refractivity contribution is 0.0326. The van der Waals surface area contributed by atoms with E-state index < -0.39 is 29.4 Å². The van der Waals surface area contributed by atoms with E-state index in [1.165, 1.54) is 28.8 Å². The predicted molar refractivity (Wildman–Crippen MR) is 152 cm³/mol. The van der Waals surface area contributed by atoms with E-state index in [9.17, 15) is 13.6 Å². The minimum atomic E-state index is -0.934. The maximum absolute atomic E-state index is 14.0. The number of amides is 1. The number of benzene rings is 1. The van der Waals surface area contributed by atoms with Crippen LogP contribution in [0.2, 0.25) is 0 Å². The highest BCUT2D eigenvalue weighted by Crippen LogP contribution is 2.48. The van der Waals surface area contributed by atoms with Gasteiger partial charge in [-0.25, -0.2) is 23.5 Å². The molecule has 2 fully saturated rings. The van der Waals surface area contributed by atoms with Gasteiger partial charge < -0.3 is 25.6 Å². The minimum absolute atomic E-state index is 0.0257. The summed E-state index contributed by atoms with van der Waals surface area (Å²) >= 11 is 1.46. The number of rotatable bonds is 11. The van der Waals surface area contributed by atoms with Crippen molar-refractivity contribution >= 4 is 35.2 Å². The summed E-state index contributed by atoms with van der Waals surface area (Å²) in [6.07, 6.45) is 3.23. The van der Waals surface area contributed by atoms with Gasteiger partial charge in [0.2, 0.25) is 0 Å². The summed E-state index contributed by atoms with van der Waals surface area (Å²) < 4.78 is 39.1. The van der Waals surface area contributed by atoms with Crippen molar-refractivity contribution in [2.45, 2.75) is 94.7 Å². The lowest BCUT2D eigenvalue weighted by atomic mass is 10.1. The zero-order valence-corrected chi connectivity index (χ0v) is 24.3. The first-order valence-corrected chi connectivity index (χ1v) is 14.8. The molecule has 2 aliphatic rings. The van der Waals surface area contributed by atoms with E-state index >= 15 is 0 Å². The van der Waals surface area contributed by atoms with Gasteiger partial charge in [-0.2, -0.15) is 0 Å². The third-order valence-corrected chi connectivity index (χ3v) is 7.84. The van der Waals surface area contributed by atoms with Crippen LogP contribution in [0, 0.1) is 11.6 Å². The Balaban J connectivity index is 1.67. The monoisotopic (exact) mass is 579 g/mol. The molecule has 0 saturated heterocycles. The van der Waals surface area contributed by atoms with Crippen LogP contribution in [-0.2, 0) is 9.47 Å². The molecule has 40 heavy (non-hydrogen) atoms. The van der Waals surface area contributed by atoms with Gasteiger partial charge in [-0.1, -0.05) is 24.8 Å². The molecule has 4 rings (SSSR count). The Morgan fingerprint density at radius 3 is 2.67 bits per heavy atom. The van der Waals surface area contributed by atoms with Crippen LogP contribution in [0.1, 0.15) is 71.3 Å². The highest BCUT2D eigenvalue weighted by atomic mass is 32.2. The second kappa shape index (κ2) is 12.9. The summed E-state index contributed by atoms with van der Waals surface area (Å²) in [4.78, 5) is 24.4. The van der Waals surface area contributed by atoms with E-state index in [-0.39, 0.29) is 36.2 Å². The number of halogens is 2. The second-order valence-corrected chi connectivity index (χ2v) is 12.3. The minimum Gasteiger partial charge on any atom is -0.443 e. The Morgan fingerprint density at radius 1 is 1.23 bits per heavy atom. The van der Waals surface area contributed by atoms with Crippen molar-refractivity contribution in [3.05, 3.63) is 35.4 Å². The fraction of sp³-hybridized carbons (Fsp3) is 0.607. The molecule has 2 aliphatic carbocycles. The van der Waals surface area contributed by atoms with Gasteiger partial charge in [0.15, 0.2) is 28.4 Å².